The van der Waals surface area contributed by atoms with Gasteiger partial charge in [-0.3, -0.25) is 9.89 Å². The molecule has 2 aromatic rings. The lowest BCUT2D eigenvalue weighted by Crippen LogP contribution is -2.51. The molecule has 1 saturated heterocycles. The number of benzene rings is 1. The van der Waals surface area contributed by atoms with E-state index in [4.69, 9.17) is 4.74 Å². The molecule has 9 nitrogen and oxygen atoms in total. The fraction of sp³-hybridized carbons (Fsp3) is 0.591. The van der Waals surface area contributed by atoms with Crippen LogP contribution in [0.15, 0.2) is 29.3 Å². The lowest BCUT2D eigenvalue weighted by molar-refractivity contribution is 0.177. The minimum Gasteiger partial charge on any atom is -0.377 e. The van der Waals surface area contributed by atoms with Gasteiger partial charge in [-0.25, -0.2) is 14.1 Å². The van der Waals surface area contributed by atoms with Crippen molar-refractivity contribution in [3.63, 3.8) is 0 Å². The van der Waals surface area contributed by atoms with E-state index in [2.05, 4.69) is 35.5 Å². The number of piperazine rings is 1. The Morgan fingerprint density at radius 1 is 1.21 bits per heavy atom. The number of hydrogen-bond acceptors (Lipinski definition) is 6. The van der Waals surface area contributed by atoms with Crippen LogP contribution in [0.2, 0.25) is 0 Å². The lowest BCUT2D eigenvalue weighted by atomic mass is 10.1. The number of methoxy groups -OCH3 is 1. The lowest BCUT2D eigenvalue weighted by Gasteiger charge is -2.36. The maximum atomic E-state index is 13.1. The van der Waals surface area contributed by atoms with Gasteiger partial charge in [0.1, 0.15) is 18.2 Å². The fourth-order valence-corrected chi connectivity index (χ4v) is 4.27. The van der Waals surface area contributed by atoms with Crippen LogP contribution in [0.5, 0.6) is 0 Å². The summed E-state index contributed by atoms with van der Waals surface area (Å²) in [6, 6.07) is 7.03. The van der Waals surface area contributed by atoms with Crippen molar-refractivity contribution >= 4 is 35.6 Å². The van der Waals surface area contributed by atoms with E-state index in [0.717, 1.165) is 82.0 Å². The molecule has 11 heteroatoms. The second-order valence-electron chi connectivity index (χ2n) is 8.24. The third-order valence-electron chi connectivity index (χ3n) is 6.02. The van der Waals surface area contributed by atoms with Crippen LogP contribution in [0.4, 0.5) is 10.1 Å². The van der Waals surface area contributed by atoms with Crippen molar-refractivity contribution in [3.8, 4) is 0 Å². The van der Waals surface area contributed by atoms with E-state index < -0.39 is 0 Å². The number of halogens is 2. The summed E-state index contributed by atoms with van der Waals surface area (Å²) in [4.78, 5) is 13.7. The summed E-state index contributed by atoms with van der Waals surface area (Å²) < 4.78 is 20.2. The molecule has 2 aliphatic heterocycles. The molecule has 0 amide bonds. The van der Waals surface area contributed by atoms with E-state index in [1.54, 1.807) is 14.2 Å². The Morgan fingerprint density at radius 2 is 1.97 bits per heavy atom. The van der Waals surface area contributed by atoms with Crippen molar-refractivity contribution in [2.45, 2.75) is 32.0 Å². The molecule has 0 aliphatic carbocycles. The van der Waals surface area contributed by atoms with E-state index >= 15 is 0 Å². The van der Waals surface area contributed by atoms with Crippen molar-refractivity contribution in [1.82, 2.24) is 30.3 Å². The highest BCUT2D eigenvalue weighted by atomic mass is 127. The van der Waals surface area contributed by atoms with Gasteiger partial charge in [0.25, 0.3) is 0 Å². The van der Waals surface area contributed by atoms with Crippen molar-refractivity contribution in [2.24, 2.45) is 4.99 Å². The van der Waals surface area contributed by atoms with Crippen LogP contribution < -0.4 is 15.5 Å². The van der Waals surface area contributed by atoms with Gasteiger partial charge in [-0.05, 0) is 30.7 Å². The molecule has 1 atom stereocenters. The third kappa shape index (κ3) is 7.00. The molecule has 3 heterocycles. The van der Waals surface area contributed by atoms with Crippen LogP contribution in [0, 0.1) is 5.82 Å². The maximum absolute atomic E-state index is 13.1. The van der Waals surface area contributed by atoms with Gasteiger partial charge in [-0.15, -0.1) is 24.0 Å². The Labute approximate surface area is 211 Å². The van der Waals surface area contributed by atoms with Gasteiger partial charge >= 0.3 is 0 Å². The Bertz CT molecular complexity index is 898. The van der Waals surface area contributed by atoms with Gasteiger partial charge in [-0.2, -0.15) is 5.10 Å². The summed E-state index contributed by atoms with van der Waals surface area (Å²) >= 11 is 0. The molecule has 4 rings (SSSR count). The second kappa shape index (κ2) is 12.5. The van der Waals surface area contributed by atoms with E-state index in [1.165, 1.54) is 12.1 Å². The Kier molecular flexibility index (Phi) is 9.68. The number of nitrogens with one attached hydrogen (secondary N) is 2. The summed E-state index contributed by atoms with van der Waals surface area (Å²) in [5.41, 5.74) is 1.09. The van der Waals surface area contributed by atoms with E-state index in [-0.39, 0.29) is 35.8 Å². The Balaban J connectivity index is 0.00000306. The highest BCUT2D eigenvalue weighted by Gasteiger charge is 2.22. The van der Waals surface area contributed by atoms with Crippen LogP contribution in [-0.2, 0) is 24.3 Å². The predicted octanol–water partition coefficient (Wildman–Crippen LogP) is 1.48. The Hall–Kier alpha value is -1.99. The molecule has 182 valence electrons. The van der Waals surface area contributed by atoms with Crippen LogP contribution in [0.1, 0.15) is 18.1 Å². The summed E-state index contributed by atoms with van der Waals surface area (Å²) in [6.07, 6.45) is 1.89. The maximum Gasteiger partial charge on any atom is 0.191 e. The van der Waals surface area contributed by atoms with Crippen molar-refractivity contribution in [1.29, 1.82) is 0 Å². The largest absolute Gasteiger partial charge is 0.377 e. The van der Waals surface area contributed by atoms with Gasteiger partial charge < -0.3 is 20.3 Å². The predicted molar refractivity (Wildman–Crippen MR) is 138 cm³/mol. The highest BCUT2D eigenvalue weighted by Crippen LogP contribution is 2.17. The molecule has 0 saturated carbocycles. The SMILES string of the molecule is CN=C(NCCN1CCN(c2ccc(F)cc2)CC1)NC1CCc2nc(COC)nn2C1.I. The first-order valence-corrected chi connectivity index (χ1v) is 11.3. The van der Waals surface area contributed by atoms with E-state index in [0.29, 0.717) is 6.61 Å². The zero-order valence-corrected chi connectivity index (χ0v) is 21.7. The zero-order chi connectivity index (χ0) is 22.3. The summed E-state index contributed by atoms with van der Waals surface area (Å²) in [5, 5.41) is 11.5. The number of rotatable bonds is 7. The standard InChI is InChI=1S/C22H33FN8O.HI/c1-24-22(26-18-5-8-21-27-20(16-32-2)28-31(21)15-18)25-9-10-29-11-13-30(14-12-29)19-6-3-17(23)4-7-19;/h3-4,6-7,18H,5,8-16H2,1-2H3,(H2,24,25,26);1H. The number of aryl methyl sites for hydroxylation is 1. The number of fused-ring (bicyclic) bond motifs is 1. The minimum atomic E-state index is -0.189. The van der Waals surface area contributed by atoms with Crippen molar-refractivity contribution in [2.75, 3.05) is 58.3 Å². The fourth-order valence-electron chi connectivity index (χ4n) is 4.27. The number of anilines is 1. The summed E-state index contributed by atoms with van der Waals surface area (Å²) in [6.45, 7) is 6.89. The average molecular weight is 572 g/mol. The number of hydrogen-bond donors (Lipinski definition) is 2. The first-order chi connectivity index (χ1) is 15.6. The number of nitrogens with zero attached hydrogens (tertiary/aromatic N) is 6. The zero-order valence-electron chi connectivity index (χ0n) is 19.3. The van der Waals surface area contributed by atoms with Gasteiger partial charge in [0, 0.05) is 71.6 Å². The average Bonchev–Trinajstić information content (AvgIpc) is 3.21. The smallest absolute Gasteiger partial charge is 0.191 e. The van der Waals surface area contributed by atoms with Crippen LogP contribution >= 0.6 is 24.0 Å². The topological polar surface area (TPSA) is 82.8 Å². The molecule has 1 fully saturated rings. The second-order valence-corrected chi connectivity index (χ2v) is 8.24. The van der Waals surface area contributed by atoms with Crippen molar-refractivity contribution in [3.05, 3.63) is 41.7 Å². The molecule has 1 aromatic carbocycles. The number of aliphatic imine (C=N–C) groups is 1. The van der Waals surface area contributed by atoms with E-state index in [9.17, 15) is 4.39 Å². The summed E-state index contributed by atoms with van der Waals surface area (Å²) in [7, 11) is 3.46. The molecular formula is C22H34FIN8O. The molecule has 2 aliphatic rings. The molecule has 0 radical (unpaired) electrons. The van der Waals surface area contributed by atoms with Crippen molar-refractivity contribution < 1.29 is 9.13 Å². The third-order valence-corrected chi connectivity index (χ3v) is 6.02. The minimum absolute atomic E-state index is 0. The molecule has 33 heavy (non-hydrogen) atoms. The number of ether oxygens (including phenoxy) is 1. The number of aromatic nitrogens is 3. The summed E-state index contributed by atoms with van der Waals surface area (Å²) in [5.74, 6) is 2.40. The van der Waals surface area contributed by atoms with Crippen LogP contribution in [0.25, 0.3) is 0 Å². The molecule has 0 spiro atoms. The normalized spacial score (nSPS) is 19.1. The number of guanidine groups is 1. The van der Waals surface area contributed by atoms with Gasteiger partial charge in [0.15, 0.2) is 11.8 Å². The molecule has 1 unspecified atom stereocenters. The van der Waals surface area contributed by atoms with Crippen LogP contribution in [-0.4, -0.2) is 85.1 Å². The van der Waals surface area contributed by atoms with Crippen LogP contribution in [0.3, 0.4) is 0 Å². The first-order valence-electron chi connectivity index (χ1n) is 11.3. The Morgan fingerprint density at radius 3 is 2.67 bits per heavy atom. The highest BCUT2D eigenvalue weighted by molar-refractivity contribution is 14.0. The monoisotopic (exact) mass is 572 g/mol. The van der Waals surface area contributed by atoms with Gasteiger partial charge in [0.05, 0.1) is 6.54 Å². The first kappa shape index (κ1) is 25.6. The van der Waals surface area contributed by atoms with Gasteiger partial charge in [0.2, 0.25) is 0 Å². The molecule has 2 N–H and O–H groups in total. The molecule has 0 bridgehead atoms. The van der Waals surface area contributed by atoms with Gasteiger partial charge in [-0.1, -0.05) is 0 Å². The van der Waals surface area contributed by atoms with E-state index in [1.807, 2.05) is 16.8 Å². The quantitative estimate of drug-likeness (QED) is 0.296. The molecular weight excluding hydrogens is 538 g/mol. The molecule has 1 aromatic heterocycles.